The van der Waals surface area contributed by atoms with Gasteiger partial charge in [-0.15, -0.1) is 0 Å². The maximum absolute atomic E-state index is 9.91. The number of phenols is 1. The third kappa shape index (κ3) is 2.91. The van der Waals surface area contributed by atoms with Gasteiger partial charge in [-0.05, 0) is 53.9 Å². The molecule has 1 aromatic carbocycles. The smallest absolute Gasteiger partial charge is 0.165 e. The number of benzene rings is 1. The highest BCUT2D eigenvalue weighted by Gasteiger charge is 2.16. The Bertz CT molecular complexity index is 550. The van der Waals surface area contributed by atoms with Crippen LogP contribution in [-0.4, -0.2) is 5.11 Å². The van der Waals surface area contributed by atoms with Gasteiger partial charge in [-0.2, -0.15) is 0 Å². The van der Waals surface area contributed by atoms with Crippen LogP contribution >= 0.6 is 11.8 Å². The van der Waals surface area contributed by atoms with Gasteiger partial charge in [0.05, 0.1) is 4.90 Å². The zero-order valence-electron chi connectivity index (χ0n) is 11.2. The molecule has 0 radical (unpaired) electrons. The van der Waals surface area contributed by atoms with Crippen molar-refractivity contribution in [1.82, 2.24) is 0 Å². The lowest BCUT2D eigenvalue weighted by Gasteiger charge is -2.20. The SMILES string of the molecule is Cc1ccc(Sc2cc(C(C)(C)C)ccc2O)o1. The Morgan fingerprint density at radius 1 is 1.11 bits per heavy atom. The van der Waals surface area contributed by atoms with E-state index in [1.54, 1.807) is 6.07 Å². The predicted molar refractivity (Wildman–Crippen MR) is 74.4 cm³/mol. The minimum Gasteiger partial charge on any atom is -0.507 e. The third-order valence-electron chi connectivity index (χ3n) is 2.75. The van der Waals surface area contributed by atoms with Crippen molar-refractivity contribution in [3.05, 3.63) is 41.7 Å². The highest BCUT2D eigenvalue weighted by Crippen LogP contribution is 2.37. The average Bonchev–Trinajstić information content (AvgIpc) is 2.66. The first-order valence-corrected chi connectivity index (χ1v) is 6.76. The van der Waals surface area contributed by atoms with Gasteiger partial charge in [0.2, 0.25) is 0 Å². The molecule has 0 fully saturated rings. The molecule has 0 atom stereocenters. The van der Waals surface area contributed by atoms with E-state index in [2.05, 4.69) is 20.8 Å². The summed E-state index contributed by atoms with van der Waals surface area (Å²) in [5, 5.41) is 10.7. The van der Waals surface area contributed by atoms with Crippen molar-refractivity contribution in [2.24, 2.45) is 0 Å². The van der Waals surface area contributed by atoms with E-state index in [1.807, 2.05) is 31.2 Å². The van der Waals surface area contributed by atoms with Crippen molar-refractivity contribution in [3.8, 4) is 5.75 Å². The molecule has 0 aliphatic carbocycles. The molecule has 1 N–H and O–H groups in total. The van der Waals surface area contributed by atoms with Crippen LogP contribution in [0.5, 0.6) is 5.75 Å². The lowest BCUT2D eigenvalue weighted by atomic mass is 9.87. The molecular formula is C15H18O2S. The molecule has 3 heteroatoms. The van der Waals surface area contributed by atoms with E-state index in [0.29, 0.717) is 5.75 Å². The van der Waals surface area contributed by atoms with Crippen molar-refractivity contribution in [2.45, 2.75) is 43.1 Å². The first-order chi connectivity index (χ1) is 8.36. The summed E-state index contributed by atoms with van der Waals surface area (Å²) in [6, 6.07) is 9.58. The largest absolute Gasteiger partial charge is 0.507 e. The number of phenolic OH excluding ortho intramolecular Hbond substituents is 1. The van der Waals surface area contributed by atoms with E-state index in [4.69, 9.17) is 4.42 Å². The summed E-state index contributed by atoms with van der Waals surface area (Å²) in [4.78, 5) is 0.830. The molecule has 1 aromatic heterocycles. The van der Waals surface area contributed by atoms with E-state index in [1.165, 1.54) is 17.3 Å². The van der Waals surface area contributed by atoms with Gasteiger partial charge in [-0.3, -0.25) is 0 Å². The summed E-state index contributed by atoms with van der Waals surface area (Å²) in [5.41, 5.74) is 1.27. The molecular weight excluding hydrogens is 244 g/mol. The Morgan fingerprint density at radius 2 is 1.83 bits per heavy atom. The fourth-order valence-electron chi connectivity index (χ4n) is 1.64. The van der Waals surface area contributed by atoms with E-state index in [0.717, 1.165) is 15.7 Å². The lowest BCUT2D eigenvalue weighted by molar-refractivity contribution is 0.444. The van der Waals surface area contributed by atoms with Crippen LogP contribution in [0.15, 0.2) is 44.7 Å². The third-order valence-corrected chi connectivity index (χ3v) is 3.72. The van der Waals surface area contributed by atoms with E-state index >= 15 is 0 Å². The molecule has 96 valence electrons. The maximum Gasteiger partial charge on any atom is 0.165 e. The van der Waals surface area contributed by atoms with Crippen LogP contribution < -0.4 is 0 Å². The number of aromatic hydroxyl groups is 1. The van der Waals surface area contributed by atoms with Gasteiger partial charge in [0.15, 0.2) is 5.09 Å². The second-order valence-electron chi connectivity index (χ2n) is 5.40. The van der Waals surface area contributed by atoms with E-state index < -0.39 is 0 Å². The van der Waals surface area contributed by atoms with Crippen molar-refractivity contribution >= 4 is 11.8 Å². The van der Waals surface area contributed by atoms with Crippen LogP contribution in [-0.2, 0) is 5.41 Å². The molecule has 0 saturated carbocycles. The van der Waals surface area contributed by atoms with Gasteiger partial charge in [-0.25, -0.2) is 0 Å². The minimum atomic E-state index is 0.0715. The molecule has 2 aromatic rings. The predicted octanol–water partition coefficient (Wildman–Crippen LogP) is 4.74. The molecule has 0 bridgehead atoms. The zero-order chi connectivity index (χ0) is 13.3. The summed E-state index contributed by atoms with van der Waals surface area (Å²) in [6.07, 6.45) is 0. The van der Waals surface area contributed by atoms with Crippen molar-refractivity contribution < 1.29 is 9.52 Å². The van der Waals surface area contributed by atoms with Gasteiger partial charge < -0.3 is 9.52 Å². The van der Waals surface area contributed by atoms with Crippen molar-refractivity contribution in [3.63, 3.8) is 0 Å². The normalized spacial score (nSPS) is 11.8. The molecule has 0 amide bonds. The van der Waals surface area contributed by atoms with Crippen LogP contribution in [0.4, 0.5) is 0 Å². The second kappa shape index (κ2) is 4.73. The van der Waals surface area contributed by atoms with Crippen LogP contribution in [0.25, 0.3) is 0 Å². The molecule has 0 spiro atoms. The summed E-state index contributed by atoms with van der Waals surface area (Å²) in [7, 11) is 0. The average molecular weight is 262 g/mol. The quantitative estimate of drug-likeness (QED) is 0.848. The molecule has 0 aliphatic rings. The monoisotopic (exact) mass is 262 g/mol. The molecule has 2 rings (SSSR count). The fourth-order valence-corrected chi connectivity index (χ4v) is 2.52. The van der Waals surface area contributed by atoms with Crippen LogP contribution in [0.3, 0.4) is 0 Å². The first-order valence-electron chi connectivity index (χ1n) is 5.94. The lowest BCUT2D eigenvalue weighted by Crippen LogP contribution is -2.10. The Kier molecular flexibility index (Phi) is 3.44. The van der Waals surface area contributed by atoms with Crippen LogP contribution in [0.2, 0.25) is 0 Å². The van der Waals surface area contributed by atoms with Crippen molar-refractivity contribution in [1.29, 1.82) is 0 Å². The molecule has 0 aliphatic heterocycles. The maximum atomic E-state index is 9.91. The number of hydrogen-bond donors (Lipinski definition) is 1. The summed E-state index contributed by atoms with van der Waals surface area (Å²) < 4.78 is 5.52. The highest BCUT2D eigenvalue weighted by molar-refractivity contribution is 7.99. The van der Waals surface area contributed by atoms with Crippen molar-refractivity contribution in [2.75, 3.05) is 0 Å². The number of aryl methyl sites for hydroxylation is 1. The standard InChI is InChI=1S/C15H18O2S/c1-10-5-8-14(17-10)18-13-9-11(15(2,3)4)6-7-12(13)16/h5-9,16H,1-4H3. The van der Waals surface area contributed by atoms with Gasteiger partial charge in [0.25, 0.3) is 0 Å². The topological polar surface area (TPSA) is 33.4 Å². The molecule has 0 unspecified atom stereocenters. The van der Waals surface area contributed by atoms with Gasteiger partial charge in [0, 0.05) is 0 Å². The number of rotatable bonds is 2. The molecule has 18 heavy (non-hydrogen) atoms. The number of furan rings is 1. The van der Waals surface area contributed by atoms with Crippen LogP contribution in [0, 0.1) is 6.92 Å². The highest BCUT2D eigenvalue weighted by atomic mass is 32.2. The zero-order valence-corrected chi connectivity index (χ0v) is 12.0. The van der Waals surface area contributed by atoms with Gasteiger partial charge in [0.1, 0.15) is 11.5 Å². The van der Waals surface area contributed by atoms with Gasteiger partial charge in [-0.1, -0.05) is 26.8 Å². The Labute approximate surface area is 112 Å². The molecule has 0 saturated heterocycles. The first kappa shape index (κ1) is 13.1. The summed E-state index contributed by atoms with van der Waals surface area (Å²) in [5.74, 6) is 1.17. The van der Waals surface area contributed by atoms with Gasteiger partial charge >= 0.3 is 0 Å². The van der Waals surface area contributed by atoms with E-state index in [9.17, 15) is 5.11 Å². The number of hydrogen-bond acceptors (Lipinski definition) is 3. The minimum absolute atomic E-state index is 0.0715. The summed E-state index contributed by atoms with van der Waals surface area (Å²) >= 11 is 1.45. The molecule has 1 heterocycles. The Balaban J connectivity index is 2.32. The Morgan fingerprint density at radius 3 is 2.39 bits per heavy atom. The second-order valence-corrected chi connectivity index (χ2v) is 6.45. The summed E-state index contributed by atoms with van der Waals surface area (Å²) in [6.45, 7) is 8.39. The molecule has 2 nitrogen and oxygen atoms in total. The van der Waals surface area contributed by atoms with Crippen LogP contribution in [0.1, 0.15) is 32.1 Å². The van der Waals surface area contributed by atoms with E-state index in [-0.39, 0.29) is 5.41 Å². The fraction of sp³-hybridized carbons (Fsp3) is 0.333. The Hall–Kier alpha value is -1.35.